The molecule has 0 aliphatic rings. The predicted molar refractivity (Wildman–Crippen MR) is 97.0 cm³/mol. The van der Waals surface area contributed by atoms with Crippen LogP contribution in [0.4, 0.5) is 0 Å². The summed E-state index contributed by atoms with van der Waals surface area (Å²) in [5.41, 5.74) is 1.06. The molecule has 1 N–H and O–H groups in total. The van der Waals surface area contributed by atoms with Crippen LogP contribution in [0.3, 0.4) is 0 Å². The van der Waals surface area contributed by atoms with Crippen molar-refractivity contribution in [3.63, 3.8) is 0 Å². The lowest BCUT2D eigenvalue weighted by atomic mass is 10.2. The Bertz CT molecular complexity index is 596. The quantitative estimate of drug-likeness (QED) is 0.571. The van der Waals surface area contributed by atoms with Crippen molar-refractivity contribution in [2.75, 3.05) is 13.2 Å². The summed E-state index contributed by atoms with van der Waals surface area (Å²) in [5, 5.41) is 3.37. The summed E-state index contributed by atoms with van der Waals surface area (Å²) < 4.78 is 13.5. The van der Waals surface area contributed by atoms with Crippen molar-refractivity contribution in [1.29, 1.82) is 0 Å². The Hall–Kier alpha value is -0.620. The van der Waals surface area contributed by atoms with Crippen molar-refractivity contribution in [3.05, 3.63) is 45.0 Å². The van der Waals surface area contributed by atoms with E-state index in [1.165, 1.54) is 0 Å². The first kappa shape index (κ1) is 17.7. The summed E-state index contributed by atoms with van der Waals surface area (Å²) in [6.07, 6.45) is 1.31. The number of furan rings is 1. The molecule has 120 valence electrons. The number of ether oxygens (including phenoxy) is 1. The molecule has 2 aromatic rings. The highest BCUT2D eigenvalue weighted by Crippen LogP contribution is 2.31. The smallest absolute Gasteiger partial charge is 0.135 e. The Kier molecular flexibility index (Phi) is 7.15. The van der Waals surface area contributed by atoms with Crippen molar-refractivity contribution >= 4 is 31.9 Å². The second-order valence-electron chi connectivity index (χ2n) is 5.34. The molecule has 0 radical (unpaired) electrons. The molecule has 0 fully saturated rings. The van der Waals surface area contributed by atoms with Gasteiger partial charge in [-0.15, -0.1) is 0 Å². The SMILES string of the molecule is CC(C)OCCCNCc1ccc(-c2ccc(Br)cc2Br)o1. The van der Waals surface area contributed by atoms with E-state index in [9.17, 15) is 0 Å². The summed E-state index contributed by atoms with van der Waals surface area (Å²) in [5.74, 6) is 1.81. The largest absolute Gasteiger partial charge is 0.460 e. The third kappa shape index (κ3) is 5.54. The molecule has 2 rings (SSSR count). The highest BCUT2D eigenvalue weighted by molar-refractivity contribution is 9.11. The van der Waals surface area contributed by atoms with Gasteiger partial charge in [-0.25, -0.2) is 0 Å². The number of rotatable bonds is 8. The van der Waals surface area contributed by atoms with E-state index in [0.717, 1.165) is 52.1 Å². The zero-order valence-electron chi connectivity index (χ0n) is 12.9. The van der Waals surface area contributed by atoms with E-state index in [2.05, 4.69) is 51.0 Å². The summed E-state index contributed by atoms with van der Waals surface area (Å²) in [4.78, 5) is 0. The highest BCUT2D eigenvalue weighted by Gasteiger charge is 2.08. The third-order valence-electron chi connectivity index (χ3n) is 3.11. The van der Waals surface area contributed by atoms with Gasteiger partial charge in [0.15, 0.2) is 0 Å². The Morgan fingerprint density at radius 3 is 2.73 bits per heavy atom. The van der Waals surface area contributed by atoms with Crippen LogP contribution < -0.4 is 5.32 Å². The highest BCUT2D eigenvalue weighted by atomic mass is 79.9. The molecule has 5 heteroatoms. The van der Waals surface area contributed by atoms with E-state index in [-0.39, 0.29) is 0 Å². The summed E-state index contributed by atoms with van der Waals surface area (Å²) in [7, 11) is 0. The first-order chi connectivity index (χ1) is 10.6. The number of halogens is 2. The number of hydrogen-bond donors (Lipinski definition) is 1. The van der Waals surface area contributed by atoms with Gasteiger partial charge in [-0.1, -0.05) is 15.9 Å². The molecule has 1 aromatic carbocycles. The van der Waals surface area contributed by atoms with E-state index >= 15 is 0 Å². The molecule has 3 nitrogen and oxygen atoms in total. The second kappa shape index (κ2) is 8.87. The van der Waals surface area contributed by atoms with Crippen LogP contribution in [0.1, 0.15) is 26.0 Å². The molecular formula is C17H21Br2NO2. The molecule has 0 aliphatic carbocycles. The van der Waals surface area contributed by atoms with Gasteiger partial charge in [-0.2, -0.15) is 0 Å². The Balaban J connectivity index is 1.81. The van der Waals surface area contributed by atoms with E-state index in [0.29, 0.717) is 6.10 Å². The molecule has 1 aromatic heterocycles. The Labute approximate surface area is 148 Å². The topological polar surface area (TPSA) is 34.4 Å². The molecule has 22 heavy (non-hydrogen) atoms. The number of benzene rings is 1. The lowest BCUT2D eigenvalue weighted by Crippen LogP contribution is -2.17. The maximum atomic E-state index is 5.90. The molecular weight excluding hydrogens is 410 g/mol. The van der Waals surface area contributed by atoms with Crippen LogP contribution in [0.25, 0.3) is 11.3 Å². The van der Waals surface area contributed by atoms with Gasteiger partial charge in [0.2, 0.25) is 0 Å². The van der Waals surface area contributed by atoms with Crippen LogP contribution in [0, 0.1) is 0 Å². The minimum atomic E-state index is 0.303. The molecule has 0 amide bonds. The standard InChI is InChI=1S/C17H21Br2NO2/c1-12(2)21-9-3-8-20-11-14-5-7-17(22-14)15-6-4-13(18)10-16(15)19/h4-7,10,12,20H,3,8-9,11H2,1-2H3. The van der Waals surface area contributed by atoms with E-state index in [1.54, 1.807) is 0 Å². The molecule has 0 spiro atoms. The molecule has 0 saturated carbocycles. The summed E-state index contributed by atoms with van der Waals surface area (Å²) in [6, 6.07) is 10.1. The van der Waals surface area contributed by atoms with Crippen LogP contribution in [0.2, 0.25) is 0 Å². The van der Waals surface area contributed by atoms with Gasteiger partial charge in [0, 0.05) is 21.1 Å². The minimum Gasteiger partial charge on any atom is -0.460 e. The van der Waals surface area contributed by atoms with Gasteiger partial charge in [-0.05, 0) is 73.1 Å². The van der Waals surface area contributed by atoms with Crippen molar-refractivity contribution < 1.29 is 9.15 Å². The third-order valence-corrected chi connectivity index (χ3v) is 4.26. The van der Waals surface area contributed by atoms with Crippen LogP contribution in [-0.2, 0) is 11.3 Å². The normalized spacial score (nSPS) is 11.3. The van der Waals surface area contributed by atoms with Crippen LogP contribution in [-0.4, -0.2) is 19.3 Å². The van der Waals surface area contributed by atoms with Gasteiger partial charge < -0.3 is 14.5 Å². The average molecular weight is 431 g/mol. The number of hydrogen-bond acceptors (Lipinski definition) is 3. The lowest BCUT2D eigenvalue weighted by molar-refractivity contribution is 0.0770. The maximum absolute atomic E-state index is 5.90. The van der Waals surface area contributed by atoms with Gasteiger partial charge in [0.05, 0.1) is 12.6 Å². The first-order valence-electron chi connectivity index (χ1n) is 7.42. The maximum Gasteiger partial charge on any atom is 0.135 e. The van der Waals surface area contributed by atoms with Crippen LogP contribution >= 0.6 is 31.9 Å². The van der Waals surface area contributed by atoms with E-state index in [4.69, 9.17) is 9.15 Å². The minimum absolute atomic E-state index is 0.303. The molecule has 1 heterocycles. The second-order valence-corrected chi connectivity index (χ2v) is 7.11. The Morgan fingerprint density at radius 1 is 1.18 bits per heavy atom. The molecule has 0 bridgehead atoms. The van der Waals surface area contributed by atoms with Gasteiger partial charge >= 0.3 is 0 Å². The molecule has 0 atom stereocenters. The molecule has 0 saturated heterocycles. The van der Waals surface area contributed by atoms with Crippen molar-refractivity contribution in [3.8, 4) is 11.3 Å². The fourth-order valence-corrected chi connectivity index (χ4v) is 3.28. The lowest BCUT2D eigenvalue weighted by Gasteiger charge is -2.07. The first-order valence-corrected chi connectivity index (χ1v) is 9.01. The molecule has 0 aliphatic heterocycles. The van der Waals surface area contributed by atoms with Gasteiger partial charge in [-0.3, -0.25) is 0 Å². The summed E-state index contributed by atoms with van der Waals surface area (Å²) in [6.45, 7) is 6.55. The summed E-state index contributed by atoms with van der Waals surface area (Å²) >= 11 is 7.02. The zero-order valence-corrected chi connectivity index (χ0v) is 16.0. The van der Waals surface area contributed by atoms with Crippen molar-refractivity contribution in [1.82, 2.24) is 5.32 Å². The average Bonchev–Trinajstić information content (AvgIpc) is 2.91. The monoisotopic (exact) mass is 429 g/mol. The Morgan fingerprint density at radius 2 is 2.00 bits per heavy atom. The van der Waals surface area contributed by atoms with Gasteiger partial charge in [0.1, 0.15) is 11.5 Å². The van der Waals surface area contributed by atoms with Gasteiger partial charge in [0.25, 0.3) is 0 Å². The fourth-order valence-electron chi connectivity index (χ4n) is 2.03. The van der Waals surface area contributed by atoms with Crippen LogP contribution in [0.5, 0.6) is 0 Å². The zero-order chi connectivity index (χ0) is 15.9. The van der Waals surface area contributed by atoms with E-state index in [1.807, 2.05) is 30.3 Å². The van der Waals surface area contributed by atoms with E-state index < -0.39 is 0 Å². The molecule has 0 unspecified atom stereocenters. The van der Waals surface area contributed by atoms with Crippen LogP contribution in [0.15, 0.2) is 43.7 Å². The van der Waals surface area contributed by atoms with Crippen molar-refractivity contribution in [2.45, 2.75) is 32.9 Å². The fraction of sp³-hybridized carbons (Fsp3) is 0.412. The predicted octanol–water partition coefficient (Wildman–Crippen LogP) is 5.38. The van der Waals surface area contributed by atoms with Crippen molar-refractivity contribution in [2.24, 2.45) is 0 Å². The number of nitrogens with one attached hydrogen (secondary N) is 1.